The lowest BCUT2D eigenvalue weighted by molar-refractivity contribution is -0.141. The van der Waals surface area contributed by atoms with Crippen LogP contribution in [0.4, 0.5) is 0 Å². The van der Waals surface area contributed by atoms with Crippen molar-refractivity contribution in [2.75, 3.05) is 0 Å². The average molecular weight is 250 g/mol. The Hall–Kier alpha value is -2.25. The second-order valence-corrected chi connectivity index (χ2v) is 4.22. The molecule has 8 nitrogen and oxygen atoms in total. The number of nitrogens with zero attached hydrogens (tertiary/aromatic N) is 6. The SMILES string of the molecule is Cc1cc(-c2nnnn2CC(C)C(=O)O)n(C)n1. The zero-order valence-corrected chi connectivity index (χ0v) is 10.4. The molecule has 0 aromatic carbocycles. The Morgan fingerprint density at radius 2 is 2.28 bits per heavy atom. The standard InChI is InChI=1S/C10H14N6O2/c1-6(10(17)18)5-16-9(11-13-14-16)8-4-7(2)12-15(8)3/h4,6H,5H2,1-3H3,(H,17,18). The fourth-order valence-electron chi connectivity index (χ4n) is 1.67. The molecule has 0 aliphatic heterocycles. The maximum atomic E-state index is 10.8. The summed E-state index contributed by atoms with van der Waals surface area (Å²) in [5.74, 6) is -0.912. The molecule has 18 heavy (non-hydrogen) atoms. The second kappa shape index (κ2) is 4.55. The van der Waals surface area contributed by atoms with E-state index in [-0.39, 0.29) is 6.54 Å². The zero-order valence-electron chi connectivity index (χ0n) is 10.4. The molecule has 1 unspecified atom stereocenters. The maximum absolute atomic E-state index is 10.8. The molecule has 8 heteroatoms. The van der Waals surface area contributed by atoms with Gasteiger partial charge in [-0.15, -0.1) is 5.10 Å². The third-order valence-electron chi connectivity index (χ3n) is 2.63. The largest absolute Gasteiger partial charge is 0.481 e. The van der Waals surface area contributed by atoms with Gasteiger partial charge in [-0.25, -0.2) is 4.68 Å². The van der Waals surface area contributed by atoms with Gasteiger partial charge in [-0.3, -0.25) is 9.48 Å². The summed E-state index contributed by atoms with van der Waals surface area (Å²) in [6.45, 7) is 3.71. The van der Waals surface area contributed by atoms with Crippen molar-refractivity contribution in [3.05, 3.63) is 11.8 Å². The van der Waals surface area contributed by atoms with E-state index in [2.05, 4.69) is 20.6 Å². The highest BCUT2D eigenvalue weighted by molar-refractivity contribution is 5.69. The van der Waals surface area contributed by atoms with E-state index in [9.17, 15) is 4.79 Å². The van der Waals surface area contributed by atoms with Gasteiger partial charge in [0.15, 0.2) is 5.82 Å². The first kappa shape index (κ1) is 12.2. The molecule has 2 aromatic rings. The zero-order chi connectivity index (χ0) is 13.3. The van der Waals surface area contributed by atoms with Crippen molar-refractivity contribution in [1.29, 1.82) is 0 Å². The van der Waals surface area contributed by atoms with Crippen LogP contribution in [0.1, 0.15) is 12.6 Å². The average Bonchev–Trinajstić information content (AvgIpc) is 2.85. The Morgan fingerprint density at radius 3 is 2.83 bits per heavy atom. The summed E-state index contributed by atoms with van der Waals surface area (Å²) in [7, 11) is 1.79. The van der Waals surface area contributed by atoms with E-state index >= 15 is 0 Å². The quantitative estimate of drug-likeness (QED) is 0.826. The molecule has 0 aliphatic rings. The fraction of sp³-hybridized carbons (Fsp3) is 0.500. The minimum Gasteiger partial charge on any atom is -0.481 e. The molecule has 0 bridgehead atoms. The highest BCUT2D eigenvalue weighted by Gasteiger charge is 2.18. The van der Waals surface area contributed by atoms with Gasteiger partial charge in [0, 0.05) is 7.05 Å². The van der Waals surface area contributed by atoms with Crippen molar-refractivity contribution in [1.82, 2.24) is 30.0 Å². The van der Waals surface area contributed by atoms with Crippen molar-refractivity contribution in [2.24, 2.45) is 13.0 Å². The molecule has 2 heterocycles. The van der Waals surface area contributed by atoms with Crippen molar-refractivity contribution < 1.29 is 9.90 Å². The molecule has 0 fully saturated rings. The van der Waals surface area contributed by atoms with Crippen LogP contribution < -0.4 is 0 Å². The third kappa shape index (κ3) is 2.22. The fourth-order valence-corrected chi connectivity index (χ4v) is 1.67. The Morgan fingerprint density at radius 1 is 1.56 bits per heavy atom. The molecule has 96 valence electrons. The van der Waals surface area contributed by atoms with E-state index in [1.54, 1.807) is 18.7 Å². The van der Waals surface area contributed by atoms with Crippen LogP contribution in [-0.4, -0.2) is 41.1 Å². The summed E-state index contributed by atoms with van der Waals surface area (Å²) in [5.41, 5.74) is 1.61. The number of aryl methyl sites for hydroxylation is 2. The third-order valence-corrected chi connectivity index (χ3v) is 2.63. The molecule has 1 atom stereocenters. The molecular formula is C10H14N6O2. The van der Waals surface area contributed by atoms with Gasteiger partial charge < -0.3 is 5.11 Å². The van der Waals surface area contributed by atoms with Gasteiger partial charge in [0.25, 0.3) is 0 Å². The molecule has 0 spiro atoms. The summed E-state index contributed by atoms with van der Waals surface area (Å²) in [5, 5.41) is 24.4. The van der Waals surface area contributed by atoms with E-state index in [4.69, 9.17) is 5.11 Å². The number of carboxylic acid groups (broad SMARTS) is 1. The molecule has 0 amide bonds. The molecule has 2 aromatic heterocycles. The minimum absolute atomic E-state index is 0.224. The van der Waals surface area contributed by atoms with E-state index in [1.165, 1.54) is 4.68 Å². The van der Waals surface area contributed by atoms with Crippen molar-refractivity contribution in [3.8, 4) is 11.5 Å². The van der Waals surface area contributed by atoms with Crippen LogP contribution in [-0.2, 0) is 18.4 Å². The Balaban J connectivity index is 2.33. The molecule has 2 rings (SSSR count). The summed E-state index contributed by atoms with van der Waals surface area (Å²) >= 11 is 0. The Kier molecular flexibility index (Phi) is 3.09. The van der Waals surface area contributed by atoms with E-state index < -0.39 is 11.9 Å². The molecule has 1 N–H and O–H groups in total. The number of aromatic nitrogens is 6. The van der Waals surface area contributed by atoms with Gasteiger partial charge in [-0.2, -0.15) is 5.10 Å². The number of carboxylic acids is 1. The molecule has 0 radical (unpaired) electrons. The number of tetrazole rings is 1. The van der Waals surface area contributed by atoms with Crippen molar-refractivity contribution in [2.45, 2.75) is 20.4 Å². The van der Waals surface area contributed by atoms with Crippen molar-refractivity contribution in [3.63, 3.8) is 0 Å². The van der Waals surface area contributed by atoms with Crippen LogP contribution in [0.2, 0.25) is 0 Å². The van der Waals surface area contributed by atoms with Crippen LogP contribution in [0.15, 0.2) is 6.07 Å². The van der Waals surface area contributed by atoms with Gasteiger partial charge >= 0.3 is 5.97 Å². The molecule has 0 saturated carbocycles. The molecule has 0 saturated heterocycles. The molecule has 0 aliphatic carbocycles. The Bertz CT molecular complexity index is 573. The second-order valence-electron chi connectivity index (χ2n) is 4.22. The summed E-state index contributed by atoms with van der Waals surface area (Å²) in [6, 6.07) is 1.85. The minimum atomic E-state index is -0.877. The number of hydrogen-bond acceptors (Lipinski definition) is 5. The summed E-state index contributed by atoms with van der Waals surface area (Å²) < 4.78 is 3.15. The van der Waals surface area contributed by atoms with Gasteiger partial charge in [-0.05, 0) is 23.4 Å². The molecular weight excluding hydrogens is 236 g/mol. The van der Waals surface area contributed by atoms with Gasteiger partial charge in [0.1, 0.15) is 5.69 Å². The summed E-state index contributed by atoms with van der Waals surface area (Å²) in [4.78, 5) is 10.8. The van der Waals surface area contributed by atoms with E-state index in [1.807, 2.05) is 13.0 Å². The van der Waals surface area contributed by atoms with Crippen molar-refractivity contribution >= 4 is 5.97 Å². The predicted molar refractivity (Wildman–Crippen MR) is 61.6 cm³/mol. The highest BCUT2D eigenvalue weighted by Crippen LogP contribution is 2.17. The van der Waals surface area contributed by atoms with Crippen LogP contribution in [0.3, 0.4) is 0 Å². The number of carbonyl (C=O) groups is 1. The number of aliphatic carboxylic acids is 1. The van der Waals surface area contributed by atoms with Gasteiger partial charge in [-0.1, -0.05) is 6.92 Å². The normalized spacial score (nSPS) is 12.6. The highest BCUT2D eigenvalue weighted by atomic mass is 16.4. The van der Waals surface area contributed by atoms with E-state index in [0.717, 1.165) is 11.4 Å². The lowest BCUT2D eigenvalue weighted by Crippen LogP contribution is -2.18. The summed E-state index contributed by atoms with van der Waals surface area (Å²) in [6.07, 6.45) is 0. The Labute approximate surface area is 103 Å². The monoisotopic (exact) mass is 250 g/mol. The smallest absolute Gasteiger partial charge is 0.308 e. The van der Waals surface area contributed by atoms with Crippen LogP contribution in [0.5, 0.6) is 0 Å². The van der Waals surface area contributed by atoms with Crippen LogP contribution in [0, 0.1) is 12.8 Å². The lowest BCUT2D eigenvalue weighted by Gasteiger charge is -2.07. The van der Waals surface area contributed by atoms with Gasteiger partial charge in [0.05, 0.1) is 18.2 Å². The predicted octanol–water partition coefficient (Wildman–Crippen LogP) is 0.103. The van der Waals surface area contributed by atoms with Gasteiger partial charge in [0.2, 0.25) is 0 Å². The van der Waals surface area contributed by atoms with Crippen LogP contribution >= 0.6 is 0 Å². The lowest BCUT2D eigenvalue weighted by atomic mass is 10.2. The first-order valence-electron chi connectivity index (χ1n) is 5.49. The topological polar surface area (TPSA) is 98.7 Å². The van der Waals surface area contributed by atoms with E-state index in [0.29, 0.717) is 5.82 Å². The number of hydrogen-bond donors (Lipinski definition) is 1. The van der Waals surface area contributed by atoms with Crippen LogP contribution in [0.25, 0.3) is 11.5 Å². The first-order chi connectivity index (χ1) is 8.49. The first-order valence-corrected chi connectivity index (χ1v) is 5.49. The maximum Gasteiger partial charge on any atom is 0.308 e. The number of rotatable bonds is 4.